The minimum absolute atomic E-state index is 0.0263. The Bertz CT molecular complexity index is 1310. The SMILES string of the molecule is CN(C(=O)/C=C/c1cn(-c2ccccc2)nc1-c1ccccc1)C1CCN(CCc2ccccn2)CC1. The third-order valence-electron chi connectivity index (χ3n) is 7.08. The summed E-state index contributed by atoms with van der Waals surface area (Å²) in [4.78, 5) is 21.9. The van der Waals surface area contributed by atoms with Gasteiger partial charge in [0.1, 0.15) is 0 Å². The minimum atomic E-state index is 0.0263. The lowest BCUT2D eigenvalue weighted by atomic mass is 10.0. The number of piperidine rings is 1. The first-order valence-corrected chi connectivity index (χ1v) is 12.9. The monoisotopic (exact) mass is 491 g/mol. The number of rotatable bonds is 8. The van der Waals surface area contributed by atoms with Crippen LogP contribution >= 0.6 is 0 Å². The molecule has 2 aromatic heterocycles. The highest BCUT2D eigenvalue weighted by Crippen LogP contribution is 2.25. The summed E-state index contributed by atoms with van der Waals surface area (Å²) in [5.74, 6) is 0.0263. The molecule has 1 fully saturated rings. The average molecular weight is 492 g/mol. The molecular weight excluding hydrogens is 458 g/mol. The number of likely N-dealkylation sites (N-methyl/N-ethyl adjacent to an activating group) is 1. The van der Waals surface area contributed by atoms with Gasteiger partial charge in [-0.1, -0.05) is 54.6 Å². The molecule has 0 spiro atoms. The second-order valence-corrected chi connectivity index (χ2v) is 9.51. The fourth-order valence-electron chi connectivity index (χ4n) is 4.85. The van der Waals surface area contributed by atoms with Crippen LogP contribution in [0.2, 0.25) is 0 Å². The average Bonchev–Trinajstić information content (AvgIpc) is 3.40. The van der Waals surface area contributed by atoms with Gasteiger partial charge in [0.05, 0.1) is 11.4 Å². The first-order valence-electron chi connectivity index (χ1n) is 12.9. The van der Waals surface area contributed by atoms with E-state index in [0.29, 0.717) is 0 Å². The number of hydrogen-bond donors (Lipinski definition) is 0. The quantitative estimate of drug-likeness (QED) is 0.321. The van der Waals surface area contributed by atoms with Gasteiger partial charge < -0.3 is 9.80 Å². The summed E-state index contributed by atoms with van der Waals surface area (Å²) < 4.78 is 1.87. The molecule has 4 aromatic rings. The van der Waals surface area contributed by atoms with Gasteiger partial charge in [0, 0.05) is 74.4 Å². The molecule has 0 aliphatic carbocycles. The zero-order valence-corrected chi connectivity index (χ0v) is 21.3. The van der Waals surface area contributed by atoms with Gasteiger partial charge in [0.15, 0.2) is 0 Å². The summed E-state index contributed by atoms with van der Waals surface area (Å²) in [5.41, 5.74) is 4.92. The molecule has 3 heterocycles. The molecular formula is C31H33N5O. The molecule has 37 heavy (non-hydrogen) atoms. The van der Waals surface area contributed by atoms with Crippen molar-refractivity contribution in [3.63, 3.8) is 0 Å². The maximum Gasteiger partial charge on any atom is 0.246 e. The van der Waals surface area contributed by atoms with Crippen molar-refractivity contribution < 1.29 is 4.79 Å². The van der Waals surface area contributed by atoms with Crippen molar-refractivity contribution >= 4 is 12.0 Å². The van der Waals surface area contributed by atoms with Crippen molar-refractivity contribution in [2.45, 2.75) is 25.3 Å². The zero-order chi connectivity index (χ0) is 25.5. The van der Waals surface area contributed by atoms with Gasteiger partial charge in [-0.3, -0.25) is 9.78 Å². The Morgan fingerprint density at radius 3 is 2.38 bits per heavy atom. The summed E-state index contributed by atoms with van der Waals surface area (Å²) in [7, 11) is 1.92. The molecule has 0 saturated carbocycles. The van der Waals surface area contributed by atoms with Crippen LogP contribution in [0.5, 0.6) is 0 Å². The van der Waals surface area contributed by atoms with Crippen LogP contribution in [0.4, 0.5) is 0 Å². The number of para-hydroxylation sites is 1. The van der Waals surface area contributed by atoms with Crippen molar-refractivity contribution in [2.24, 2.45) is 0 Å². The lowest BCUT2D eigenvalue weighted by molar-refractivity contribution is -0.127. The highest BCUT2D eigenvalue weighted by molar-refractivity contribution is 5.93. The number of amides is 1. The van der Waals surface area contributed by atoms with Gasteiger partial charge in [0.25, 0.3) is 0 Å². The van der Waals surface area contributed by atoms with Gasteiger partial charge in [-0.15, -0.1) is 0 Å². The summed E-state index contributed by atoms with van der Waals surface area (Å²) in [6, 6.07) is 26.5. The van der Waals surface area contributed by atoms with Gasteiger partial charge in [-0.2, -0.15) is 5.10 Å². The number of pyridine rings is 1. The standard InChI is InChI=1S/C31H33N5O/c1-34(28-18-22-35(23-19-28)21-17-27-12-8-9-20-32-27)30(37)16-15-26-24-36(29-13-6-3-7-14-29)33-31(26)25-10-4-2-5-11-25/h2-16,20,24,28H,17-19,21-23H2,1H3/b16-15+. The lowest BCUT2D eigenvalue weighted by Crippen LogP contribution is -2.45. The van der Waals surface area contributed by atoms with Gasteiger partial charge in [-0.05, 0) is 43.2 Å². The number of likely N-dealkylation sites (tertiary alicyclic amines) is 1. The van der Waals surface area contributed by atoms with E-state index in [-0.39, 0.29) is 11.9 Å². The molecule has 6 nitrogen and oxygen atoms in total. The molecule has 0 atom stereocenters. The third-order valence-corrected chi connectivity index (χ3v) is 7.08. The molecule has 0 N–H and O–H groups in total. The zero-order valence-electron chi connectivity index (χ0n) is 21.3. The number of hydrogen-bond acceptors (Lipinski definition) is 4. The second-order valence-electron chi connectivity index (χ2n) is 9.51. The molecule has 0 bridgehead atoms. The van der Waals surface area contributed by atoms with Crippen LogP contribution in [0.25, 0.3) is 23.0 Å². The van der Waals surface area contributed by atoms with E-state index in [2.05, 4.69) is 16.0 Å². The Morgan fingerprint density at radius 2 is 1.68 bits per heavy atom. The molecule has 1 amide bonds. The van der Waals surface area contributed by atoms with Crippen molar-refractivity contribution in [3.05, 3.63) is 109 Å². The number of carbonyl (C=O) groups excluding carboxylic acids is 1. The Morgan fingerprint density at radius 1 is 0.973 bits per heavy atom. The van der Waals surface area contributed by atoms with Crippen molar-refractivity contribution in [2.75, 3.05) is 26.7 Å². The molecule has 188 valence electrons. The number of aromatic nitrogens is 3. The second kappa shape index (κ2) is 11.8. The van der Waals surface area contributed by atoms with Crippen LogP contribution in [0.3, 0.4) is 0 Å². The van der Waals surface area contributed by atoms with E-state index in [0.717, 1.165) is 67.1 Å². The van der Waals surface area contributed by atoms with Gasteiger partial charge in [0.2, 0.25) is 5.91 Å². The molecule has 1 aliphatic rings. The molecule has 6 heteroatoms. The van der Waals surface area contributed by atoms with Crippen LogP contribution < -0.4 is 0 Å². The Balaban J connectivity index is 1.23. The van der Waals surface area contributed by atoms with Gasteiger partial charge >= 0.3 is 0 Å². The summed E-state index contributed by atoms with van der Waals surface area (Å²) in [6.07, 6.45) is 10.4. The predicted molar refractivity (Wildman–Crippen MR) is 148 cm³/mol. The number of carbonyl (C=O) groups is 1. The van der Waals surface area contributed by atoms with Crippen LogP contribution in [-0.4, -0.2) is 63.2 Å². The molecule has 1 saturated heterocycles. The Labute approximate surface area is 218 Å². The first-order chi connectivity index (χ1) is 18.2. The molecule has 0 radical (unpaired) electrons. The highest BCUT2D eigenvalue weighted by atomic mass is 16.2. The van der Waals surface area contributed by atoms with Crippen LogP contribution in [0.1, 0.15) is 24.1 Å². The largest absolute Gasteiger partial charge is 0.339 e. The van der Waals surface area contributed by atoms with Crippen molar-refractivity contribution in [3.8, 4) is 16.9 Å². The van der Waals surface area contributed by atoms with E-state index in [1.165, 1.54) is 0 Å². The van der Waals surface area contributed by atoms with E-state index < -0.39 is 0 Å². The molecule has 1 aliphatic heterocycles. The number of nitrogens with zero attached hydrogens (tertiary/aromatic N) is 5. The smallest absolute Gasteiger partial charge is 0.246 e. The summed E-state index contributed by atoms with van der Waals surface area (Å²) in [5, 5.41) is 4.84. The fraction of sp³-hybridized carbons (Fsp3) is 0.258. The van der Waals surface area contributed by atoms with E-state index in [1.807, 2.05) is 108 Å². The van der Waals surface area contributed by atoms with Crippen LogP contribution in [0, 0.1) is 0 Å². The molecule has 2 aromatic carbocycles. The van der Waals surface area contributed by atoms with E-state index >= 15 is 0 Å². The number of benzene rings is 2. The third kappa shape index (κ3) is 6.22. The summed E-state index contributed by atoms with van der Waals surface area (Å²) >= 11 is 0. The highest BCUT2D eigenvalue weighted by Gasteiger charge is 2.24. The van der Waals surface area contributed by atoms with Crippen molar-refractivity contribution in [1.82, 2.24) is 24.6 Å². The van der Waals surface area contributed by atoms with E-state index in [1.54, 1.807) is 6.08 Å². The molecule has 0 unspecified atom stereocenters. The molecule has 5 rings (SSSR count). The minimum Gasteiger partial charge on any atom is -0.339 e. The van der Waals surface area contributed by atoms with Gasteiger partial charge in [-0.25, -0.2) is 4.68 Å². The fourth-order valence-corrected chi connectivity index (χ4v) is 4.85. The Kier molecular flexibility index (Phi) is 7.87. The van der Waals surface area contributed by atoms with Crippen LogP contribution in [-0.2, 0) is 11.2 Å². The maximum absolute atomic E-state index is 13.1. The predicted octanol–water partition coefficient (Wildman–Crippen LogP) is 5.11. The maximum atomic E-state index is 13.1. The first kappa shape index (κ1) is 24.7. The van der Waals surface area contributed by atoms with E-state index in [9.17, 15) is 4.79 Å². The topological polar surface area (TPSA) is 54.3 Å². The van der Waals surface area contributed by atoms with Crippen molar-refractivity contribution in [1.29, 1.82) is 0 Å². The van der Waals surface area contributed by atoms with E-state index in [4.69, 9.17) is 5.10 Å². The summed E-state index contributed by atoms with van der Waals surface area (Å²) in [6.45, 7) is 3.01. The normalized spacial score (nSPS) is 14.7. The Hall–Kier alpha value is -4.03. The lowest BCUT2D eigenvalue weighted by Gasteiger charge is -2.36. The van der Waals surface area contributed by atoms with Crippen LogP contribution in [0.15, 0.2) is 97.3 Å².